The number of ether oxygens (including phenoxy) is 1. The number of hydrogen-bond donors (Lipinski definition) is 1. The number of aryl methyl sites for hydroxylation is 1. The van der Waals surface area contributed by atoms with Crippen LogP contribution in [-0.2, 0) is 6.42 Å². The van der Waals surface area contributed by atoms with E-state index in [2.05, 4.69) is 16.4 Å². The van der Waals surface area contributed by atoms with Gasteiger partial charge in [-0.15, -0.1) is 0 Å². The smallest absolute Gasteiger partial charge is 0.165 e. The van der Waals surface area contributed by atoms with E-state index >= 15 is 0 Å². The molecule has 1 N–H and O–H groups in total. The number of anilines is 1. The van der Waals surface area contributed by atoms with Crippen molar-refractivity contribution in [3.05, 3.63) is 78.1 Å². The van der Waals surface area contributed by atoms with Gasteiger partial charge in [0, 0.05) is 23.8 Å². The molecule has 2 aromatic carbocycles. The van der Waals surface area contributed by atoms with E-state index in [1.807, 2.05) is 54.6 Å². The van der Waals surface area contributed by atoms with Gasteiger partial charge in [0.2, 0.25) is 0 Å². The Hall–Kier alpha value is -3.98. The van der Waals surface area contributed by atoms with Crippen LogP contribution in [0.3, 0.4) is 0 Å². The molecule has 2 aromatic heterocycles. The number of nitrogens with one attached hydrogen (secondary N) is 1. The number of benzene rings is 2. The van der Waals surface area contributed by atoms with Crippen LogP contribution in [0.1, 0.15) is 17.7 Å². The van der Waals surface area contributed by atoms with E-state index in [1.165, 1.54) is 0 Å². The van der Waals surface area contributed by atoms with Crippen molar-refractivity contribution in [3.8, 4) is 23.2 Å². The fourth-order valence-corrected chi connectivity index (χ4v) is 3.28. The quantitative estimate of drug-likeness (QED) is 0.460. The monoisotopic (exact) mass is 395 g/mol. The molecule has 2 heterocycles. The normalized spacial score (nSPS) is 10.5. The number of methoxy groups -OCH3 is 1. The van der Waals surface area contributed by atoms with Gasteiger partial charge >= 0.3 is 0 Å². The van der Waals surface area contributed by atoms with E-state index in [9.17, 15) is 0 Å². The van der Waals surface area contributed by atoms with Crippen molar-refractivity contribution in [3.63, 3.8) is 0 Å². The van der Waals surface area contributed by atoms with Crippen LogP contribution >= 0.6 is 0 Å². The Bertz CT molecular complexity index is 1200. The molecule has 0 unspecified atom stereocenters. The molecule has 0 fully saturated rings. The molecule has 0 bridgehead atoms. The minimum absolute atomic E-state index is 0.577. The van der Waals surface area contributed by atoms with Crippen LogP contribution in [0, 0.1) is 11.3 Å². The highest BCUT2D eigenvalue weighted by atomic mass is 16.5. The molecule has 0 aliphatic heterocycles. The summed E-state index contributed by atoms with van der Waals surface area (Å²) in [5, 5.41) is 13.3. The minimum Gasteiger partial charge on any atom is -0.496 e. The van der Waals surface area contributed by atoms with Gasteiger partial charge in [0.1, 0.15) is 17.6 Å². The number of fused-ring (bicyclic) bond motifs is 1. The summed E-state index contributed by atoms with van der Waals surface area (Å²) in [4.78, 5) is 13.9. The van der Waals surface area contributed by atoms with Crippen molar-refractivity contribution in [1.82, 2.24) is 15.0 Å². The van der Waals surface area contributed by atoms with Crippen LogP contribution in [-0.4, -0.2) is 28.6 Å². The number of nitrogens with zero attached hydrogens (tertiary/aromatic N) is 4. The van der Waals surface area contributed by atoms with Crippen LogP contribution in [0.4, 0.5) is 5.82 Å². The molecule has 4 rings (SSSR count). The fraction of sp³-hybridized carbons (Fsp3) is 0.167. The second kappa shape index (κ2) is 9.01. The molecule has 0 aliphatic carbocycles. The lowest BCUT2D eigenvalue weighted by Gasteiger charge is -2.12. The van der Waals surface area contributed by atoms with E-state index in [4.69, 9.17) is 20.0 Å². The summed E-state index contributed by atoms with van der Waals surface area (Å²) in [6, 6.07) is 21.5. The highest BCUT2D eigenvalue weighted by molar-refractivity contribution is 5.90. The van der Waals surface area contributed by atoms with Gasteiger partial charge in [0.25, 0.3) is 0 Å². The molecule has 0 saturated heterocycles. The lowest BCUT2D eigenvalue weighted by molar-refractivity contribution is 0.416. The predicted octanol–water partition coefficient (Wildman–Crippen LogP) is 4.62. The second-order valence-electron chi connectivity index (χ2n) is 6.79. The van der Waals surface area contributed by atoms with E-state index in [-0.39, 0.29) is 0 Å². The summed E-state index contributed by atoms with van der Waals surface area (Å²) >= 11 is 0. The Morgan fingerprint density at radius 1 is 1.00 bits per heavy atom. The van der Waals surface area contributed by atoms with E-state index < -0.39 is 0 Å². The molecule has 148 valence electrons. The first-order valence-electron chi connectivity index (χ1n) is 9.77. The fourth-order valence-electron chi connectivity index (χ4n) is 3.28. The van der Waals surface area contributed by atoms with Crippen LogP contribution in [0.5, 0.6) is 5.75 Å². The number of rotatable bonds is 7. The zero-order valence-electron chi connectivity index (χ0n) is 16.7. The molecular weight excluding hydrogens is 374 g/mol. The summed E-state index contributed by atoms with van der Waals surface area (Å²) in [5.74, 6) is 2.17. The number of hydrogen-bond acceptors (Lipinski definition) is 6. The first-order chi connectivity index (χ1) is 14.8. The standard InChI is InChI=1S/C24H21N5O/c1-30-22-11-5-3-9-20(22)24-28-21-10-4-2-8-19(21)23(29-24)26-14-6-7-18-13-12-17(15-25)16-27-18/h2-5,8-13,16H,6-7,14H2,1H3,(H,26,28,29). The van der Waals surface area contributed by atoms with Crippen molar-refractivity contribution in [1.29, 1.82) is 5.26 Å². The molecule has 30 heavy (non-hydrogen) atoms. The van der Waals surface area contributed by atoms with Crippen LogP contribution < -0.4 is 10.1 Å². The average molecular weight is 395 g/mol. The van der Waals surface area contributed by atoms with Gasteiger partial charge < -0.3 is 10.1 Å². The van der Waals surface area contributed by atoms with Gasteiger partial charge in [-0.25, -0.2) is 9.97 Å². The maximum absolute atomic E-state index is 8.87. The van der Waals surface area contributed by atoms with Crippen molar-refractivity contribution in [2.45, 2.75) is 12.8 Å². The molecule has 0 aliphatic rings. The van der Waals surface area contributed by atoms with Crippen LogP contribution in [0.25, 0.3) is 22.3 Å². The Morgan fingerprint density at radius 3 is 2.63 bits per heavy atom. The molecule has 6 nitrogen and oxygen atoms in total. The maximum Gasteiger partial charge on any atom is 0.165 e. The van der Waals surface area contributed by atoms with Crippen LogP contribution in [0.15, 0.2) is 66.9 Å². The van der Waals surface area contributed by atoms with Gasteiger partial charge in [-0.05, 0) is 49.2 Å². The lowest BCUT2D eigenvalue weighted by atomic mass is 10.1. The Labute approximate surface area is 175 Å². The third kappa shape index (κ3) is 4.20. The molecular formula is C24H21N5O. The zero-order chi connectivity index (χ0) is 20.8. The van der Waals surface area contributed by atoms with Crippen molar-refractivity contribution >= 4 is 16.7 Å². The van der Waals surface area contributed by atoms with Gasteiger partial charge in [0.15, 0.2) is 5.82 Å². The number of pyridine rings is 1. The molecule has 0 saturated carbocycles. The molecule has 4 aromatic rings. The Morgan fingerprint density at radius 2 is 1.83 bits per heavy atom. The van der Waals surface area contributed by atoms with E-state index in [1.54, 1.807) is 19.4 Å². The third-order valence-corrected chi connectivity index (χ3v) is 4.81. The number of nitriles is 1. The first kappa shape index (κ1) is 19.3. The van der Waals surface area contributed by atoms with Gasteiger partial charge in [-0.3, -0.25) is 4.98 Å². The average Bonchev–Trinajstić information content (AvgIpc) is 2.82. The lowest BCUT2D eigenvalue weighted by Crippen LogP contribution is -2.07. The minimum atomic E-state index is 0.577. The second-order valence-corrected chi connectivity index (χ2v) is 6.79. The van der Waals surface area contributed by atoms with Crippen LogP contribution in [0.2, 0.25) is 0 Å². The highest BCUT2D eigenvalue weighted by Crippen LogP contribution is 2.30. The summed E-state index contributed by atoms with van der Waals surface area (Å²) in [5.41, 5.74) is 3.28. The van der Waals surface area contributed by atoms with Crippen molar-refractivity contribution in [2.24, 2.45) is 0 Å². The SMILES string of the molecule is COc1ccccc1-c1nc(NCCCc2ccc(C#N)cn2)c2ccccc2n1. The highest BCUT2D eigenvalue weighted by Gasteiger charge is 2.12. The van der Waals surface area contributed by atoms with E-state index in [0.29, 0.717) is 11.4 Å². The largest absolute Gasteiger partial charge is 0.496 e. The molecule has 0 radical (unpaired) electrons. The first-order valence-corrected chi connectivity index (χ1v) is 9.77. The topological polar surface area (TPSA) is 83.7 Å². The summed E-state index contributed by atoms with van der Waals surface area (Å²) in [6.07, 6.45) is 3.32. The third-order valence-electron chi connectivity index (χ3n) is 4.81. The maximum atomic E-state index is 8.87. The van der Waals surface area contributed by atoms with Gasteiger partial charge in [-0.1, -0.05) is 24.3 Å². The van der Waals surface area contributed by atoms with E-state index in [0.717, 1.165) is 53.1 Å². The zero-order valence-corrected chi connectivity index (χ0v) is 16.7. The summed E-state index contributed by atoms with van der Waals surface area (Å²) < 4.78 is 5.49. The van der Waals surface area contributed by atoms with Crippen molar-refractivity contribution < 1.29 is 4.74 Å². The number of para-hydroxylation sites is 2. The number of aromatic nitrogens is 3. The molecule has 0 spiro atoms. The Kier molecular flexibility index (Phi) is 5.81. The van der Waals surface area contributed by atoms with Gasteiger partial charge in [-0.2, -0.15) is 5.26 Å². The summed E-state index contributed by atoms with van der Waals surface area (Å²) in [6.45, 7) is 0.744. The van der Waals surface area contributed by atoms with Gasteiger partial charge in [0.05, 0.1) is 23.8 Å². The Balaban J connectivity index is 1.54. The summed E-state index contributed by atoms with van der Waals surface area (Å²) in [7, 11) is 1.65. The molecule has 0 atom stereocenters. The van der Waals surface area contributed by atoms with Crippen molar-refractivity contribution in [2.75, 3.05) is 19.0 Å². The molecule has 6 heteroatoms. The molecule has 0 amide bonds. The predicted molar refractivity (Wildman–Crippen MR) is 117 cm³/mol.